The van der Waals surface area contributed by atoms with Crippen LogP contribution in [-0.4, -0.2) is 42.5 Å². The minimum absolute atomic E-state index is 0.0264. The molecule has 3 aromatic rings. The van der Waals surface area contributed by atoms with E-state index in [1.54, 1.807) is 24.1 Å². The Morgan fingerprint density at radius 2 is 1.58 bits per heavy atom. The number of rotatable bonds is 14. The molecule has 2 amide bonds. The van der Waals surface area contributed by atoms with Crippen LogP contribution < -0.4 is 14.8 Å². The highest BCUT2D eigenvalue weighted by atomic mass is 19.1. The van der Waals surface area contributed by atoms with Crippen LogP contribution in [0.15, 0.2) is 78.9 Å². The van der Waals surface area contributed by atoms with E-state index in [-0.39, 0.29) is 36.6 Å². The zero-order chi connectivity index (χ0) is 27.3. The molecule has 0 saturated carbocycles. The first-order valence-corrected chi connectivity index (χ1v) is 13.0. The quantitative estimate of drug-likeness (QED) is 0.283. The van der Waals surface area contributed by atoms with Crippen LogP contribution in [0, 0.1) is 5.82 Å². The summed E-state index contributed by atoms with van der Waals surface area (Å²) in [5, 5.41) is 3.05. The number of hydrogen-bond donors (Lipinski definition) is 1. The lowest BCUT2D eigenvalue weighted by Crippen LogP contribution is -2.52. The van der Waals surface area contributed by atoms with Crippen LogP contribution in [0.25, 0.3) is 0 Å². The molecule has 202 valence electrons. The first kappa shape index (κ1) is 28.7. The van der Waals surface area contributed by atoms with Crippen molar-refractivity contribution in [2.75, 3.05) is 13.7 Å². The highest BCUT2D eigenvalue weighted by Crippen LogP contribution is 2.19. The number of nitrogens with one attached hydrogen (secondary N) is 1. The maximum absolute atomic E-state index is 13.6. The molecule has 0 unspecified atom stereocenters. The van der Waals surface area contributed by atoms with Crippen LogP contribution in [0.2, 0.25) is 0 Å². The topological polar surface area (TPSA) is 67.9 Å². The van der Waals surface area contributed by atoms with E-state index in [4.69, 9.17) is 9.47 Å². The van der Waals surface area contributed by atoms with Gasteiger partial charge in [-0.05, 0) is 67.3 Å². The Labute approximate surface area is 224 Å². The van der Waals surface area contributed by atoms with Gasteiger partial charge in [0.05, 0.1) is 13.7 Å². The van der Waals surface area contributed by atoms with Crippen molar-refractivity contribution in [1.29, 1.82) is 0 Å². The first-order chi connectivity index (χ1) is 18.4. The molecular weight excluding hydrogens is 483 g/mol. The number of methoxy groups -OCH3 is 1. The summed E-state index contributed by atoms with van der Waals surface area (Å²) >= 11 is 0. The lowest BCUT2D eigenvalue weighted by atomic mass is 10.0. The van der Waals surface area contributed by atoms with Crippen LogP contribution in [0.4, 0.5) is 4.39 Å². The summed E-state index contributed by atoms with van der Waals surface area (Å²) in [5.41, 5.74) is 1.71. The summed E-state index contributed by atoms with van der Waals surface area (Å²) < 4.78 is 24.5. The average Bonchev–Trinajstić information content (AvgIpc) is 2.94. The Balaban J connectivity index is 1.77. The SMILES string of the molecule is CC[C@@H](C)NC(=O)[C@@H](Cc1ccccc1)N(Cc1ccc(F)cc1)C(=O)CCCOc1ccc(OC)cc1. The smallest absolute Gasteiger partial charge is 0.243 e. The molecule has 0 heterocycles. The van der Waals surface area contributed by atoms with Gasteiger partial charge in [0.1, 0.15) is 23.4 Å². The van der Waals surface area contributed by atoms with E-state index in [0.29, 0.717) is 25.2 Å². The van der Waals surface area contributed by atoms with Crippen molar-refractivity contribution in [3.05, 3.63) is 95.8 Å². The van der Waals surface area contributed by atoms with Crippen molar-refractivity contribution in [2.45, 2.75) is 58.2 Å². The number of amides is 2. The Hall–Kier alpha value is -3.87. The molecule has 3 rings (SSSR count). The maximum atomic E-state index is 13.6. The van der Waals surface area contributed by atoms with Crippen LogP contribution in [0.1, 0.15) is 44.2 Å². The number of halogens is 1. The Morgan fingerprint density at radius 3 is 2.21 bits per heavy atom. The van der Waals surface area contributed by atoms with Crippen molar-refractivity contribution in [3.8, 4) is 11.5 Å². The van der Waals surface area contributed by atoms with Gasteiger partial charge in [-0.3, -0.25) is 9.59 Å². The normalized spacial score (nSPS) is 12.3. The van der Waals surface area contributed by atoms with Gasteiger partial charge >= 0.3 is 0 Å². The summed E-state index contributed by atoms with van der Waals surface area (Å²) in [7, 11) is 1.60. The van der Waals surface area contributed by atoms with E-state index < -0.39 is 6.04 Å². The minimum Gasteiger partial charge on any atom is -0.497 e. The van der Waals surface area contributed by atoms with Crippen molar-refractivity contribution in [2.24, 2.45) is 0 Å². The number of ether oxygens (including phenoxy) is 2. The van der Waals surface area contributed by atoms with Crippen LogP contribution in [0.5, 0.6) is 11.5 Å². The molecule has 0 spiro atoms. The van der Waals surface area contributed by atoms with Crippen molar-refractivity contribution < 1.29 is 23.5 Å². The Bertz CT molecular complexity index is 1140. The largest absolute Gasteiger partial charge is 0.497 e. The van der Waals surface area contributed by atoms with Crippen molar-refractivity contribution in [1.82, 2.24) is 10.2 Å². The summed E-state index contributed by atoms with van der Waals surface area (Å²) in [4.78, 5) is 28.7. The van der Waals surface area contributed by atoms with Gasteiger partial charge in [-0.2, -0.15) is 0 Å². The van der Waals surface area contributed by atoms with E-state index in [9.17, 15) is 14.0 Å². The fraction of sp³-hybridized carbons (Fsp3) is 0.355. The molecular formula is C31H37FN2O4. The molecule has 0 saturated heterocycles. The van der Waals surface area contributed by atoms with E-state index >= 15 is 0 Å². The number of nitrogens with zero attached hydrogens (tertiary/aromatic N) is 1. The van der Waals surface area contributed by atoms with Crippen LogP contribution >= 0.6 is 0 Å². The van der Waals surface area contributed by atoms with Crippen molar-refractivity contribution in [3.63, 3.8) is 0 Å². The van der Waals surface area contributed by atoms with Crippen LogP contribution in [0.3, 0.4) is 0 Å². The first-order valence-electron chi connectivity index (χ1n) is 13.0. The molecule has 38 heavy (non-hydrogen) atoms. The standard InChI is InChI=1S/C31H37FN2O4/c1-4-23(2)33-31(36)29(21-24-9-6-5-7-10-24)34(22-25-12-14-26(32)15-13-25)30(35)11-8-20-38-28-18-16-27(37-3)17-19-28/h5-7,9-10,12-19,23,29H,4,8,11,20-22H2,1-3H3,(H,33,36)/t23-,29-/m1/s1. The molecule has 0 aliphatic rings. The zero-order valence-electron chi connectivity index (χ0n) is 22.4. The van der Waals surface area contributed by atoms with Gasteiger partial charge in [0.15, 0.2) is 0 Å². The number of hydrogen-bond acceptors (Lipinski definition) is 4. The summed E-state index contributed by atoms with van der Waals surface area (Å²) in [6, 6.07) is 22.2. The zero-order valence-corrected chi connectivity index (χ0v) is 22.4. The van der Waals surface area contributed by atoms with Crippen molar-refractivity contribution >= 4 is 11.8 Å². The Morgan fingerprint density at radius 1 is 0.921 bits per heavy atom. The van der Waals surface area contributed by atoms with Gasteiger partial charge in [0.25, 0.3) is 0 Å². The molecule has 0 aliphatic carbocycles. The van der Waals surface area contributed by atoms with Gasteiger partial charge < -0.3 is 19.7 Å². The lowest BCUT2D eigenvalue weighted by Gasteiger charge is -2.32. The molecule has 6 nitrogen and oxygen atoms in total. The molecule has 0 aliphatic heterocycles. The predicted octanol–water partition coefficient (Wildman–Crippen LogP) is 5.55. The predicted molar refractivity (Wildman–Crippen MR) is 147 cm³/mol. The average molecular weight is 521 g/mol. The van der Waals surface area contributed by atoms with E-state index in [0.717, 1.165) is 23.3 Å². The second-order valence-corrected chi connectivity index (χ2v) is 9.30. The molecule has 2 atom stereocenters. The number of benzene rings is 3. The highest BCUT2D eigenvalue weighted by molar-refractivity contribution is 5.88. The van der Waals surface area contributed by atoms with E-state index in [2.05, 4.69) is 5.32 Å². The van der Waals surface area contributed by atoms with Gasteiger partial charge in [-0.15, -0.1) is 0 Å². The molecule has 0 fully saturated rings. The number of carbonyl (C=O) groups excluding carboxylic acids is 2. The van der Waals surface area contributed by atoms with Gasteiger partial charge in [-0.25, -0.2) is 4.39 Å². The second kappa shape index (κ2) is 14.8. The third-order valence-electron chi connectivity index (χ3n) is 6.40. The van der Waals surface area contributed by atoms with E-state index in [1.165, 1.54) is 12.1 Å². The highest BCUT2D eigenvalue weighted by Gasteiger charge is 2.30. The minimum atomic E-state index is -0.716. The van der Waals surface area contributed by atoms with Gasteiger partial charge in [0.2, 0.25) is 11.8 Å². The molecule has 3 aromatic carbocycles. The summed E-state index contributed by atoms with van der Waals surface area (Å²) in [6.07, 6.45) is 1.84. The molecule has 7 heteroatoms. The fourth-order valence-corrected chi connectivity index (χ4v) is 4.01. The van der Waals surface area contributed by atoms with Crippen LogP contribution in [-0.2, 0) is 22.6 Å². The summed E-state index contributed by atoms with van der Waals surface area (Å²) in [6.45, 7) is 4.50. The summed E-state index contributed by atoms with van der Waals surface area (Å²) in [5.74, 6) is 0.721. The Kier molecular flexibility index (Phi) is 11.1. The van der Waals surface area contributed by atoms with E-state index in [1.807, 2.05) is 68.4 Å². The van der Waals surface area contributed by atoms with Gasteiger partial charge in [-0.1, -0.05) is 49.4 Å². The third-order valence-corrected chi connectivity index (χ3v) is 6.40. The molecule has 0 radical (unpaired) electrons. The molecule has 0 bridgehead atoms. The maximum Gasteiger partial charge on any atom is 0.243 e. The third kappa shape index (κ3) is 8.91. The second-order valence-electron chi connectivity index (χ2n) is 9.30. The van der Waals surface area contributed by atoms with Gasteiger partial charge in [0, 0.05) is 25.4 Å². The number of carbonyl (C=O) groups is 2. The monoisotopic (exact) mass is 520 g/mol. The molecule has 1 N–H and O–H groups in total. The lowest BCUT2D eigenvalue weighted by molar-refractivity contribution is -0.141. The molecule has 0 aromatic heterocycles. The fourth-order valence-electron chi connectivity index (χ4n) is 4.01.